The summed E-state index contributed by atoms with van der Waals surface area (Å²) in [6, 6.07) is 12.9. The highest BCUT2D eigenvalue weighted by Crippen LogP contribution is 2.32. The smallest absolute Gasteiger partial charge is 0.224 e. The van der Waals surface area contributed by atoms with E-state index in [0.717, 1.165) is 17.1 Å². The van der Waals surface area contributed by atoms with Crippen molar-refractivity contribution in [2.24, 2.45) is 0 Å². The van der Waals surface area contributed by atoms with Gasteiger partial charge in [-0.3, -0.25) is 4.79 Å². The maximum atomic E-state index is 12.3. The number of hydrogen-bond donors (Lipinski definition) is 1. The number of benzene rings is 2. The second kappa shape index (κ2) is 8.24. The molecule has 0 aliphatic carbocycles. The van der Waals surface area contributed by atoms with Crippen molar-refractivity contribution in [3.05, 3.63) is 48.0 Å². The van der Waals surface area contributed by atoms with Gasteiger partial charge >= 0.3 is 0 Å². The van der Waals surface area contributed by atoms with Crippen LogP contribution in [0.4, 0.5) is 5.69 Å². The first-order valence-electron chi connectivity index (χ1n) is 7.73. The maximum Gasteiger partial charge on any atom is 0.224 e. The molecule has 5 nitrogen and oxygen atoms in total. The molecule has 0 saturated heterocycles. The van der Waals surface area contributed by atoms with Crippen LogP contribution in [-0.2, 0) is 4.79 Å². The summed E-state index contributed by atoms with van der Waals surface area (Å²) < 4.78 is 15.8. The van der Waals surface area contributed by atoms with Crippen LogP contribution in [0.25, 0.3) is 0 Å². The Labute approximate surface area is 142 Å². The minimum absolute atomic E-state index is 0.0106. The Morgan fingerprint density at radius 3 is 2.38 bits per heavy atom. The third-order valence-corrected chi connectivity index (χ3v) is 3.82. The molecule has 5 heteroatoms. The lowest BCUT2D eigenvalue weighted by Gasteiger charge is -2.16. The third-order valence-electron chi connectivity index (χ3n) is 3.82. The number of anilines is 1. The first kappa shape index (κ1) is 17.7. The van der Waals surface area contributed by atoms with Crippen molar-refractivity contribution in [2.75, 3.05) is 26.6 Å². The van der Waals surface area contributed by atoms with Gasteiger partial charge in [0.25, 0.3) is 0 Å². The molecule has 0 bridgehead atoms. The predicted molar refractivity (Wildman–Crippen MR) is 94.2 cm³/mol. The minimum atomic E-state index is -0.0615. The van der Waals surface area contributed by atoms with E-state index in [1.54, 1.807) is 27.4 Å². The highest BCUT2D eigenvalue weighted by atomic mass is 16.5. The Morgan fingerprint density at radius 2 is 1.71 bits per heavy atom. The number of rotatable bonds is 7. The summed E-state index contributed by atoms with van der Waals surface area (Å²) in [4.78, 5) is 12.3. The molecule has 0 radical (unpaired) electrons. The van der Waals surface area contributed by atoms with Crippen LogP contribution in [0.2, 0.25) is 0 Å². The van der Waals surface area contributed by atoms with Crippen molar-refractivity contribution >= 4 is 11.6 Å². The van der Waals surface area contributed by atoms with Gasteiger partial charge in [-0.1, -0.05) is 19.1 Å². The third kappa shape index (κ3) is 4.41. The van der Waals surface area contributed by atoms with Crippen LogP contribution >= 0.6 is 0 Å². The maximum absolute atomic E-state index is 12.3. The summed E-state index contributed by atoms with van der Waals surface area (Å²) >= 11 is 0. The van der Waals surface area contributed by atoms with E-state index in [4.69, 9.17) is 14.2 Å². The van der Waals surface area contributed by atoms with Gasteiger partial charge in [0.15, 0.2) is 0 Å². The van der Waals surface area contributed by atoms with Gasteiger partial charge in [0, 0.05) is 24.2 Å². The van der Waals surface area contributed by atoms with Gasteiger partial charge in [-0.2, -0.15) is 0 Å². The molecule has 1 atom stereocenters. The topological polar surface area (TPSA) is 56.8 Å². The molecule has 0 aliphatic heterocycles. The molecule has 0 aromatic heterocycles. The van der Waals surface area contributed by atoms with E-state index in [9.17, 15) is 4.79 Å². The van der Waals surface area contributed by atoms with Gasteiger partial charge < -0.3 is 19.5 Å². The second-order valence-corrected chi connectivity index (χ2v) is 5.49. The zero-order valence-electron chi connectivity index (χ0n) is 14.5. The molecule has 0 spiro atoms. The van der Waals surface area contributed by atoms with E-state index in [2.05, 4.69) is 5.32 Å². The lowest BCUT2D eigenvalue weighted by Crippen LogP contribution is -2.14. The number of carbonyl (C=O) groups is 1. The molecule has 1 amide bonds. The quantitative estimate of drug-likeness (QED) is 0.838. The molecule has 0 fully saturated rings. The Morgan fingerprint density at radius 1 is 1.00 bits per heavy atom. The van der Waals surface area contributed by atoms with E-state index in [1.165, 1.54) is 0 Å². The summed E-state index contributed by atoms with van der Waals surface area (Å²) in [5, 5.41) is 2.89. The van der Waals surface area contributed by atoms with Crippen molar-refractivity contribution in [1.82, 2.24) is 0 Å². The Kier molecular flexibility index (Phi) is 6.07. The lowest BCUT2D eigenvalue weighted by molar-refractivity contribution is -0.116. The summed E-state index contributed by atoms with van der Waals surface area (Å²) in [5.41, 5.74) is 1.69. The molecule has 1 unspecified atom stereocenters. The number of hydrogen-bond acceptors (Lipinski definition) is 4. The van der Waals surface area contributed by atoms with E-state index in [0.29, 0.717) is 17.9 Å². The number of nitrogens with one attached hydrogen (secondary N) is 1. The van der Waals surface area contributed by atoms with E-state index in [1.807, 2.05) is 43.3 Å². The fourth-order valence-electron chi connectivity index (χ4n) is 2.53. The average molecular weight is 329 g/mol. The van der Waals surface area contributed by atoms with E-state index in [-0.39, 0.29) is 11.8 Å². The first-order chi connectivity index (χ1) is 11.6. The molecule has 24 heavy (non-hydrogen) atoms. The summed E-state index contributed by atoms with van der Waals surface area (Å²) in [5.74, 6) is 2.10. The van der Waals surface area contributed by atoms with Crippen molar-refractivity contribution in [3.8, 4) is 17.2 Å². The number of carbonyl (C=O) groups excluding carboxylic acids is 1. The van der Waals surface area contributed by atoms with Crippen molar-refractivity contribution < 1.29 is 19.0 Å². The fraction of sp³-hybridized carbons (Fsp3) is 0.316. The highest BCUT2D eigenvalue weighted by molar-refractivity contribution is 5.91. The van der Waals surface area contributed by atoms with Crippen molar-refractivity contribution in [1.29, 1.82) is 0 Å². The van der Waals surface area contributed by atoms with Crippen molar-refractivity contribution in [3.63, 3.8) is 0 Å². The monoisotopic (exact) mass is 329 g/mol. The standard InChI is InChI=1S/C19H23NO4/c1-13(17-9-8-16(23-3)12-18(17)24-4)10-19(21)20-14-6-5-7-15(11-14)22-2/h5-9,11-13H,10H2,1-4H3,(H,20,21). The molecule has 2 aromatic carbocycles. The molecule has 2 aromatic rings. The first-order valence-corrected chi connectivity index (χ1v) is 7.73. The molecule has 128 valence electrons. The van der Waals surface area contributed by atoms with Crippen LogP contribution < -0.4 is 19.5 Å². The SMILES string of the molecule is COc1cccc(NC(=O)CC(C)c2ccc(OC)cc2OC)c1. The van der Waals surface area contributed by atoms with Crippen LogP contribution in [0.15, 0.2) is 42.5 Å². The summed E-state index contributed by atoms with van der Waals surface area (Å²) in [7, 11) is 4.82. The Balaban J connectivity index is 2.05. The zero-order valence-corrected chi connectivity index (χ0v) is 14.5. The minimum Gasteiger partial charge on any atom is -0.497 e. The summed E-state index contributed by atoms with van der Waals surface area (Å²) in [6.07, 6.45) is 0.347. The van der Waals surface area contributed by atoms with Crippen LogP contribution in [0.3, 0.4) is 0 Å². The molecule has 2 rings (SSSR count). The summed E-state index contributed by atoms with van der Waals surface area (Å²) in [6.45, 7) is 2.00. The lowest BCUT2D eigenvalue weighted by atomic mass is 9.96. The largest absolute Gasteiger partial charge is 0.497 e. The number of methoxy groups -OCH3 is 3. The highest BCUT2D eigenvalue weighted by Gasteiger charge is 2.16. The Hall–Kier alpha value is -2.69. The normalized spacial score (nSPS) is 11.5. The van der Waals surface area contributed by atoms with Crippen LogP contribution in [0.1, 0.15) is 24.8 Å². The van der Waals surface area contributed by atoms with Gasteiger partial charge in [-0.25, -0.2) is 0 Å². The predicted octanol–water partition coefficient (Wildman–Crippen LogP) is 3.84. The zero-order chi connectivity index (χ0) is 17.5. The average Bonchev–Trinajstić information content (AvgIpc) is 2.60. The van der Waals surface area contributed by atoms with E-state index >= 15 is 0 Å². The van der Waals surface area contributed by atoms with Crippen LogP contribution in [-0.4, -0.2) is 27.2 Å². The van der Waals surface area contributed by atoms with Gasteiger partial charge in [0.05, 0.1) is 21.3 Å². The van der Waals surface area contributed by atoms with Gasteiger partial charge in [-0.15, -0.1) is 0 Å². The van der Waals surface area contributed by atoms with Gasteiger partial charge in [0.1, 0.15) is 17.2 Å². The second-order valence-electron chi connectivity index (χ2n) is 5.49. The molecular formula is C19H23NO4. The van der Waals surface area contributed by atoms with Crippen LogP contribution in [0, 0.1) is 0 Å². The molecule has 1 N–H and O–H groups in total. The fourth-order valence-corrected chi connectivity index (χ4v) is 2.53. The van der Waals surface area contributed by atoms with Gasteiger partial charge in [0.2, 0.25) is 5.91 Å². The van der Waals surface area contributed by atoms with E-state index < -0.39 is 0 Å². The molecule has 0 saturated carbocycles. The van der Waals surface area contributed by atoms with Gasteiger partial charge in [-0.05, 0) is 29.7 Å². The van der Waals surface area contributed by atoms with Crippen molar-refractivity contribution in [2.45, 2.75) is 19.3 Å². The van der Waals surface area contributed by atoms with Crippen LogP contribution in [0.5, 0.6) is 17.2 Å². The number of ether oxygens (including phenoxy) is 3. The molecular weight excluding hydrogens is 306 g/mol. The Bertz CT molecular complexity index is 700. The molecule has 0 heterocycles. The molecule has 0 aliphatic rings. The number of amides is 1.